The molecule has 1 rings (SSSR count). The van der Waals surface area contributed by atoms with Crippen molar-refractivity contribution in [3.63, 3.8) is 0 Å². The summed E-state index contributed by atoms with van der Waals surface area (Å²) in [5, 5.41) is 0. The van der Waals surface area contributed by atoms with Crippen molar-refractivity contribution in [1.29, 1.82) is 0 Å². The fraction of sp³-hybridized carbons (Fsp3) is 0.333. The van der Waals surface area contributed by atoms with E-state index in [1.807, 2.05) is 0 Å². The summed E-state index contributed by atoms with van der Waals surface area (Å²) >= 11 is 0. The van der Waals surface area contributed by atoms with Gasteiger partial charge in [0.05, 0.1) is 6.20 Å². The molecule has 2 nitrogen and oxygen atoms in total. The second kappa shape index (κ2) is 4.54. The first-order chi connectivity index (χ1) is 8.03. The summed E-state index contributed by atoms with van der Waals surface area (Å²) in [6.45, 7) is 0. The maximum atomic E-state index is 12.6. The molecule has 9 heteroatoms. The number of carbonyl (C=O) groups is 1. The summed E-state index contributed by atoms with van der Waals surface area (Å²) in [5.41, 5.74) is -1.09. The van der Waals surface area contributed by atoms with Crippen LogP contribution in [0, 0.1) is 11.7 Å². The average molecular weight is 275 g/mol. The van der Waals surface area contributed by atoms with Gasteiger partial charge in [0, 0.05) is 11.8 Å². The largest absolute Gasteiger partial charge is 0.407 e. The van der Waals surface area contributed by atoms with Gasteiger partial charge >= 0.3 is 12.4 Å². The van der Waals surface area contributed by atoms with Crippen LogP contribution in [0.3, 0.4) is 0 Å². The van der Waals surface area contributed by atoms with Crippen molar-refractivity contribution < 1.29 is 35.5 Å². The molecule has 0 aliphatic heterocycles. The van der Waals surface area contributed by atoms with Crippen molar-refractivity contribution in [3.8, 4) is 0 Å². The highest BCUT2D eigenvalue weighted by Crippen LogP contribution is 2.41. The molecule has 0 saturated heterocycles. The maximum absolute atomic E-state index is 12.6. The maximum Gasteiger partial charge on any atom is 0.407 e. The van der Waals surface area contributed by atoms with Crippen molar-refractivity contribution in [1.82, 2.24) is 4.98 Å². The SMILES string of the molecule is O=C(c1cncc(F)c1)C(C(F)(F)F)C(F)(F)F. The third-order valence-electron chi connectivity index (χ3n) is 1.91. The Morgan fingerprint density at radius 1 is 1.06 bits per heavy atom. The van der Waals surface area contributed by atoms with E-state index in [1.54, 1.807) is 0 Å². The van der Waals surface area contributed by atoms with Gasteiger partial charge in [-0.25, -0.2) is 4.39 Å². The van der Waals surface area contributed by atoms with Crippen LogP contribution in [0.2, 0.25) is 0 Å². The lowest BCUT2D eigenvalue weighted by Gasteiger charge is -2.21. The fourth-order valence-electron chi connectivity index (χ4n) is 1.20. The zero-order valence-corrected chi connectivity index (χ0v) is 8.31. The normalized spacial score (nSPS) is 12.9. The number of carbonyl (C=O) groups excluding carboxylic acids is 1. The smallest absolute Gasteiger partial charge is 0.293 e. The molecule has 0 bridgehead atoms. The Balaban J connectivity index is 3.20. The van der Waals surface area contributed by atoms with Crippen LogP contribution in [0.5, 0.6) is 0 Å². The van der Waals surface area contributed by atoms with Gasteiger partial charge in [0.2, 0.25) is 5.92 Å². The lowest BCUT2D eigenvalue weighted by molar-refractivity contribution is -0.264. The van der Waals surface area contributed by atoms with Gasteiger partial charge in [-0.2, -0.15) is 26.3 Å². The van der Waals surface area contributed by atoms with Crippen molar-refractivity contribution >= 4 is 5.78 Å². The molecule has 0 fully saturated rings. The lowest BCUT2D eigenvalue weighted by Crippen LogP contribution is -2.42. The van der Waals surface area contributed by atoms with E-state index in [2.05, 4.69) is 4.98 Å². The van der Waals surface area contributed by atoms with Crippen molar-refractivity contribution in [2.24, 2.45) is 5.92 Å². The number of halogens is 7. The van der Waals surface area contributed by atoms with E-state index >= 15 is 0 Å². The van der Waals surface area contributed by atoms with Crippen LogP contribution in [0.4, 0.5) is 30.7 Å². The molecular weight excluding hydrogens is 271 g/mol. The van der Waals surface area contributed by atoms with E-state index in [9.17, 15) is 35.5 Å². The fourth-order valence-corrected chi connectivity index (χ4v) is 1.20. The molecule has 18 heavy (non-hydrogen) atoms. The summed E-state index contributed by atoms with van der Waals surface area (Å²) in [6.07, 6.45) is -10.6. The van der Waals surface area contributed by atoms with Crippen LogP contribution in [0.15, 0.2) is 18.5 Å². The van der Waals surface area contributed by atoms with Gasteiger partial charge in [0.25, 0.3) is 0 Å². The van der Waals surface area contributed by atoms with E-state index in [0.717, 1.165) is 0 Å². The van der Waals surface area contributed by atoms with Gasteiger partial charge in [-0.05, 0) is 6.07 Å². The Morgan fingerprint density at radius 2 is 1.56 bits per heavy atom. The number of ketones is 1. The summed E-state index contributed by atoms with van der Waals surface area (Å²) < 4.78 is 85.8. The molecule has 1 heterocycles. The van der Waals surface area contributed by atoms with Crippen LogP contribution in [0.25, 0.3) is 0 Å². The van der Waals surface area contributed by atoms with Crippen LogP contribution in [0.1, 0.15) is 10.4 Å². The number of hydrogen-bond acceptors (Lipinski definition) is 2. The Hall–Kier alpha value is -1.67. The van der Waals surface area contributed by atoms with Gasteiger partial charge in [-0.1, -0.05) is 0 Å². The minimum Gasteiger partial charge on any atom is -0.293 e. The number of nitrogens with zero attached hydrogens (tertiary/aromatic N) is 1. The monoisotopic (exact) mass is 275 g/mol. The van der Waals surface area contributed by atoms with Crippen molar-refractivity contribution in [3.05, 3.63) is 29.8 Å². The number of hydrogen-bond donors (Lipinski definition) is 0. The average Bonchev–Trinajstić information content (AvgIpc) is 2.12. The Morgan fingerprint density at radius 3 is 1.94 bits per heavy atom. The molecule has 1 aromatic heterocycles. The molecule has 0 aliphatic carbocycles. The number of rotatable bonds is 2. The molecule has 0 aromatic carbocycles. The second-order valence-electron chi connectivity index (χ2n) is 3.27. The van der Waals surface area contributed by atoms with Crippen molar-refractivity contribution in [2.45, 2.75) is 12.4 Å². The van der Waals surface area contributed by atoms with Gasteiger partial charge in [0.15, 0.2) is 5.78 Å². The topological polar surface area (TPSA) is 30.0 Å². The van der Waals surface area contributed by atoms with Crippen LogP contribution in [-0.2, 0) is 0 Å². The second-order valence-corrected chi connectivity index (χ2v) is 3.27. The molecule has 0 saturated carbocycles. The molecule has 0 radical (unpaired) electrons. The zero-order valence-electron chi connectivity index (χ0n) is 8.31. The first kappa shape index (κ1) is 14.4. The van der Waals surface area contributed by atoms with Gasteiger partial charge in [-0.3, -0.25) is 9.78 Å². The molecule has 0 unspecified atom stereocenters. The van der Waals surface area contributed by atoms with Crippen molar-refractivity contribution in [2.75, 3.05) is 0 Å². The molecule has 0 amide bonds. The minimum absolute atomic E-state index is 0.264. The molecule has 0 aliphatic rings. The number of Topliss-reactive ketones (excluding diaryl/α,β-unsaturated/α-hetero) is 1. The highest BCUT2D eigenvalue weighted by atomic mass is 19.4. The summed E-state index contributed by atoms with van der Waals surface area (Å²) in [5.74, 6) is -7.68. The van der Waals surface area contributed by atoms with E-state index < -0.39 is 35.4 Å². The Kier molecular flexibility index (Phi) is 3.63. The quantitative estimate of drug-likeness (QED) is 0.613. The third-order valence-corrected chi connectivity index (χ3v) is 1.91. The van der Waals surface area contributed by atoms with E-state index in [4.69, 9.17) is 0 Å². The summed E-state index contributed by atoms with van der Waals surface area (Å²) in [6, 6.07) is 0.264. The van der Waals surface area contributed by atoms with Crippen LogP contribution in [-0.4, -0.2) is 23.1 Å². The Bertz CT molecular complexity index is 437. The summed E-state index contributed by atoms with van der Waals surface area (Å²) in [4.78, 5) is 14.2. The van der Waals surface area contributed by atoms with Gasteiger partial charge in [-0.15, -0.1) is 0 Å². The molecular formula is C9H4F7NO. The number of pyridine rings is 1. The van der Waals surface area contributed by atoms with Crippen LogP contribution < -0.4 is 0 Å². The number of aromatic nitrogens is 1. The van der Waals surface area contributed by atoms with Gasteiger partial charge in [0.1, 0.15) is 5.82 Å². The predicted molar refractivity (Wildman–Crippen MR) is 44.1 cm³/mol. The van der Waals surface area contributed by atoms with E-state index in [1.165, 1.54) is 0 Å². The lowest BCUT2D eigenvalue weighted by atomic mass is 9.97. The van der Waals surface area contributed by atoms with E-state index in [0.29, 0.717) is 12.4 Å². The number of alkyl halides is 6. The highest BCUT2D eigenvalue weighted by Gasteiger charge is 2.60. The Labute approximate surface area is 95.4 Å². The standard InChI is InChI=1S/C9H4F7NO/c10-5-1-4(2-17-3-5)6(18)7(8(11,12)13)9(14,15)16/h1-3,7H. The van der Waals surface area contributed by atoms with E-state index in [-0.39, 0.29) is 6.07 Å². The predicted octanol–water partition coefficient (Wildman–Crippen LogP) is 3.14. The zero-order chi connectivity index (χ0) is 14.1. The molecule has 1 aromatic rings. The summed E-state index contributed by atoms with van der Waals surface area (Å²) in [7, 11) is 0. The van der Waals surface area contributed by atoms with Crippen LogP contribution >= 0.6 is 0 Å². The highest BCUT2D eigenvalue weighted by molar-refractivity contribution is 5.98. The van der Waals surface area contributed by atoms with Gasteiger partial charge < -0.3 is 0 Å². The third kappa shape index (κ3) is 3.17. The first-order valence-corrected chi connectivity index (χ1v) is 4.31. The minimum atomic E-state index is -5.80. The molecule has 0 N–H and O–H groups in total. The molecule has 0 atom stereocenters. The molecule has 100 valence electrons. The first-order valence-electron chi connectivity index (χ1n) is 4.31. The molecule has 0 spiro atoms.